The Labute approximate surface area is 113 Å². The van der Waals surface area contributed by atoms with Crippen LogP contribution in [0.15, 0.2) is 24.3 Å². The van der Waals surface area contributed by atoms with Gasteiger partial charge in [-0.3, -0.25) is 4.79 Å². The van der Waals surface area contributed by atoms with Crippen molar-refractivity contribution in [3.05, 3.63) is 35.6 Å². The normalized spacial score (nSPS) is 19.2. The highest BCUT2D eigenvalue weighted by Gasteiger charge is 2.20. The Morgan fingerprint density at radius 2 is 2.37 bits per heavy atom. The quantitative estimate of drug-likeness (QED) is 0.905. The molecule has 1 aliphatic heterocycles. The first kappa shape index (κ1) is 14.0. The van der Waals surface area contributed by atoms with Crippen molar-refractivity contribution in [2.24, 2.45) is 5.92 Å². The molecule has 1 atom stereocenters. The third-order valence-corrected chi connectivity index (χ3v) is 3.62. The zero-order valence-electron chi connectivity index (χ0n) is 11.4. The van der Waals surface area contributed by atoms with Gasteiger partial charge in [-0.1, -0.05) is 6.07 Å². The number of piperidine rings is 1. The van der Waals surface area contributed by atoms with Gasteiger partial charge in [0.05, 0.1) is 0 Å². The summed E-state index contributed by atoms with van der Waals surface area (Å²) < 4.78 is 13.2. The number of hydrogen-bond donors (Lipinski definition) is 1. The molecule has 1 aliphatic rings. The van der Waals surface area contributed by atoms with Gasteiger partial charge in [-0.15, -0.1) is 0 Å². The fourth-order valence-electron chi connectivity index (χ4n) is 2.55. The molecule has 2 rings (SSSR count). The number of carbonyl (C=O) groups excluding carboxylic acids is 1. The summed E-state index contributed by atoms with van der Waals surface area (Å²) in [5.74, 6) is 0.0695. The van der Waals surface area contributed by atoms with E-state index in [1.54, 1.807) is 12.1 Å². The molecular weight excluding hydrogens is 243 g/mol. The second-order valence-corrected chi connectivity index (χ2v) is 5.07. The third-order valence-electron chi connectivity index (χ3n) is 3.62. The molecule has 1 heterocycles. The monoisotopic (exact) mass is 264 g/mol. The van der Waals surface area contributed by atoms with Crippen molar-refractivity contribution in [3.63, 3.8) is 0 Å². The van der Waals surface area contributed by atoms with Crippen molar-refractivity contribution in [2.75, 3.05) is 26.2 Å². The Morgan fingerprint density at radius 1 is 1.53 bits per heavy atom. The van der Waals surface area contributed by atoms with Gasteiger partial charge in [0.2, 0.25) is 0 Å². The second kappa shape index (κ2) is 6.66. The Morgan fingerprint density at radius 3 is 3.00 bits per heavy atom. The molecule has 1 aromatic carbocycles. The minimum absolute atomic E-state index is 0.0763. The number of halogens is 1. The summed E-state index contributed by atoms with van der Waals surface area (Å²) in [6, 6.07) is 5.92. The molecule has 1 N–H and O–H groups in total. The maximum atomic E-state index is 13.2. The Kier molecular flexibility index (Phi) is 4.91. The largest absolute Gasteiger partial charge is 0.339 e. The van der Waals surface area contributed by atoms with Crippen LogP contribution < -0.4 is 5.32 Å². The van der Waals surface area contributed by atoms with Crippen molar-refractivity contribution in [1.29, 1.82) is 0 Å². The van der Waals surface area contributed by atoms with Gasteiger partial charge in [0.1, 0.15) is 5.82 Å². The predicted octanol–water partition coefficient (Wildman–Crippen LogP) is 2.29. The summed E-state index contributed by atoms with van der Waals surface area (Å²) in [5, 5.41) is 3.35. The summed E-state index contributed by atoms with van der Waals surface area (Å²) in [6.07, 6.45) is 2.32. The maximum Gasteiger partial charge on any atom is 0.253 e. The summed E-state index contributed by atoms with van der Waals surface area (Å²) in [4.78, 5) is 14.2. The minimum atomic E-state index is -0.360. The second-order valence-electron chi connectivity index (χ2n) is 5.07. The Balaban J connectivity index is 2.02. The third kappa shape index (κ3) is 3.77. The topological polar surface area (TPSA) is 32.3 Å². The van der Waals surface area contributed by atoms with E-state index < -0.39 is 0 Å². The lowest BCUT2D eigenvalue weighted by atomic mass is 9.98. The van der Waals surface area contributed by atoms with Crippen LogP contribution in [-0.2, 0) is 0 Å². The highest BCUT2D eigenvalue weighted by molar-refractivity contribution is 5.94. The fourth-order valence-corrected chi connectivity index (χ4v) is 2.55. The highest BCUT2D eigenvalue weighted by atomic mass is 19.1. The number of carbonyl (C=O) groups is 1. The van der Waals surface area contributed by atoms with E-state index in [0.29, 0.717) is 18.0 Å². The molecular formula is C15H21FN2O. The zero-order valence-corrected chi connectivity index (χ0v) is 11.4. The molecule has 104 valence electrons. The molecule has 0 saturated carbocycles. The first-order valence-electron chi connectivity index (χ1n) is 6.96. The number of nitrogens with zero attached hydrogens (tertiary/aromatic N) is 1. The van der Waals surface area contributed by atoms with Crippen molar-refractivity contribution in [3.8, 4) is 0 Å². The number of benzene rings is 1. The molecule has 0 radical (unpaired) electrons. The SMILES string of the molecule is CCN(CC1CCCNC1)C(=O)c1cccc(F)c1. The van der Waals surface area contributed by atoms with E-state index in [1.165, 1.54) is 12.1 Å². The van der Waals surface area contributed by atoms with Crippen LogP contribution in [0.2, 0.25) is 0 Å². The maximum absolute atomic E-state index is 13.2. The van der Waals surface area contributed by atoms with Crippen LogP contribution in [0.25, 0.3) is 0 Å². The van der Waals surface area contributed by atoms with E-state index in [9.17, 15) is 9.18 Å². The summed E-state index contributed by atoms with van der Waals surface area (Å²) >= 11 is 0. The highest BCUT2D eigenvalue weighted by Crippen LogP contribution is 2.14. The van der Waals surface area contributed by atoms with Crippen molar-refractivity contribution < 1.29 is 9.18 Å². The van der Waals surface area contributed by atoms with Gasteiger partial charge in [0.25, 0.3) is 5.91 Å². The van der Waals surface area contributed by atoms with Gasteiger partial charge in [0, 0.05) is 18.7 Å². The van der Waals surface area contributed by atoms with Gasteiger partial charge < -0.3 is 10.2 Å². The summed E-state index contributed by atoms with van der Waals surface area (Å²) in [7, 11) is 0. The van der Waals surface area contributed by atoms with Gasteiger partial charge >= 0.3 is 0 Å². The molecule has 19 heavy (non-hydrogen) atoms. The first-order chi connectivity index (χ1) is 9.20. The molecule has 3 nitrogen and oxygen atoms in total. The molecule has 1 unspecified atom stereocenters. The fraction of sp³-hybridized carbons (Fsp3) is 0.533. The molecule has 1 aromatic rings. The van der Waals surface area contributed by atoms with Gasteiger partial charge in [-0.25, -0.2) is 4.39 Å². The Hall–Kier alpha value is -1.42. The van der Waals surface area contributed by atoms with Gasteiger partial charge in [-0.2, -0.15) is 0 Å². The van der Waals surface area contributed by atoms with E-state index in [0.717, 1.165) is 32.5 Å². The van der Waals surface area contributed by atoms with Crippen LogP contribution in [0.4, 0.5) is 4.39 Å². The van der Waals surface area contributed by atoms with Crippen molar-refractivity contribution in [2.45, 2.75) is 19.8 Å². The Bertz CT molecular complexity index is 430. The molecule has 0 aromatic heterocycles. The average molecular weight is 264 g/mol. The van der Waals surface area contributed by atoms with E-state index in [-0.39, 0.29) is 11.7 Å². The standard InChI is InChI=1S/C15H21FN2O/c1-2-18(11-12-5-4-8-17-10-12)15(19)13-6-3-7-14(16)9-13/h3,6-7,9,12,17H,2,4-5,8,10-11H2,1H3. The van der Waals surface area contributed by atoms with Crippen LogP contribution >= 0.6 is 0 Å². The number of hydrogen-bond acceptors (Lipinski definition) is 2. The lowest BCUT2D eigenvalue weighted by Crippen LogP contribution is -2.41. The minimum Gasteiger partial charge on any atom is -0.339 e. The lowest BCUT2D eigenvalue weighted by molar-refractivity contribution is 0.0728. The van der Waals surface area contributed by atoms with Crippen LogP contribution in [0.1, 0.15) is 30.1 Å². The van der Waals surface area contributed by atoms with Crippen LogP contribution in [0, 0.1) is 11.7 Å². The van der Waals surface area contributed by atoms with E-state index in [1.807, 2.05) is 11.8 Å². The lowest BCUT2D eigenvalue weighted by Gasteiger charge is -2.29. The van der Waals surface area contributed by atoms with Crippen molar-refractivity contribution in [1.82, 2.24) is 10.2 Å². The van der Waals surface area contributed by atoms with Crippen LogP contribution in [0.5, 0.6) is 0 Å². The number of rotatable bonds is 4. The predicted molar refractivity (Wildman–Crippen MR) is 73.6 cm³/mol. The smallest absolute Gasteiger partial charge is 0.253 e. The van der Waals surface area contributed by atoms with Crippen LogP contribution in [0.3, 0.4) is 0 Å². The average Bonchev–Trinajstić information content (AvgIpc) is 2.45. The molecule has 0 bridgehead atoms. The zero-order chi connectivity index (χ0) is 13.7. The molecule has 0 spiro atoms. The van der Waals surface area contributed by atoms with Crippen molar-refractivity contribution >= 4 is 5.91 Å². The van der Waals surface area contributed by atoms with E-state index in [2.05, 4.69) is 5.32 Å². The number of nitrogens with one attached hydrogen (secondary N) is 1. The summed E-state index contributed by atoms with van der Waals surface area (Å²) in [6.45, 7) is 5.41. The molecule has 1 saturated heterocycles. The number of amides is 1. The summed E-state index contributed by atoms with van der Waals surface area (Å²) in [5.41, 5.74) is 0.436. The first-order valence-corrected chi connectivity index (χ1v) is 6.96. The molecule has 1 amide bonds. The van der Waals surface area contributed by atoms with Gasteiger partial charge in [-0.05, 0) is 57.0 Å². The van der Waals surface area contributed by atoms with Crippen LogP contribution in [-0.4, -0.2) is 37.0 Å². The molecule has 0 aliphatic carbocycles. The van der Waals surface area contributed by atoms with E-state index >= 15 is 0 Å². The molecule has 4 heteroatoms. The van der Waals surface area contributed by atoms with E-state index in [4.69, 9.17) is 0 Å². The molecule has 1 fully saturated rings. The van der Waals surface area contributed by atoms with Gasteiger partial charge in [0.15, 0.2) is 0 Å².